The molecule has 2 amide bonds. The van der Waals surface area contributed by atoms with E-state index >= 15 is 0 Å². The number of aryl methyl sites for hydroxylation is 2. The summed E-state index contributed by atoms with van der Waals surface area (Å²) in [5, 5.41) is 26.9. The van der Waals surface area contributed by atoms with Gasteiger partial charge in [0.25, 0.3) is 0 Å². The lowest BCUT2D eigenvalue weighted by atomic mass is 9.87. The van der Waals surface area contributed by atoms with Gasteiger partial charge in [-0.1, -0.05) is 67.2 Å². The van der Waals surface area contributed by atoms with Crippen molar-refractivity contribution in [2.24, 2.45) is 22.7 Å². The fraction of sp³-hybridized carbons (Fsp3) is 0.639. The number of aromatic nitrogens is 4. The normalized spacial score (nSPS) is 22.4. The number of hydrogen-bond donors (Lipinski definition) is 5. The molecule has 4 aromatic rings. The number of carboxylic acid groups (broad SMARTS) is 2. The fourth-order valence-electron chi connectivity index (χ4n) is 10.7. The minimum atomic E-state index is -1.08. The number of hydrogen-bond acceptors (Lipinski definition) is 20. The van der Waals surface area contributed by atoms with Gasteiger partial charge in [-0.15, -0.1) is 0 Å². The van der Waals surface area contributed by atoms with Gasteiger partial charge < -0.3 is 64.1 Å². The average Bonchev–Trinajstić information content (AvgIpc) is 3.06. The molecule has 2 aromatic heterocycles. The molecule has 4 heterocycles. The molecule has 24 nitrogen and oxygen atoms in total. The highest BCUT2D eigenvalue weighted by molar-refractivity contribution is 5.82. The third-order valence-corrected chi connectivity index (χ3v) is 15.9. The van der Waals surface area contributed by atoms with E-state index < -0.39 is 53.1 Å². The van der Waals surface area contributed by atoms with Crippen molar-refractivity contribution in [1.82, 2.24) is 40.8 Å². The SMILES string of the molecule is COC(=O)[C@@H]1C[C@@H](Oc2nc3cc(OC)ccc3nc2CCCCC[C@@H]2C[C@H]2OC(=O)N[C@H](C(=O)O)C(C)(C)C)CN1.COC(=O)[C@@H]1C[C@@H](Oc2nc3cc(OC)ccc3nc2CCCCC[C@@H]2C[C@H]2OC(=O)N[C@H](C(=O)O)C(C)(C)C)CN1C. The number of likely N-dealkylation sites (tertiary alicyclic amines) is 1. The first-order valence-electron chi connectivity index (χ1n) is 29.4. The number of nitrogens with zero attached hydrogens (tertiary/aromatic N) is 5. The predicted molar refractivity (Wildman–Crippen MR) is 312 cm³/mol. The first kappa shape index (κ1) is 65.2. The quantitative estimate of drug-likeness (QED) is 0.0229. The van der Waals surface area contributed by atoms with Crippen LogP contribution in [0.1, 0.15) is 130 Å². The maximum Gasteiger partial charge on any atom is 0.408 e. The molecule has 2 aromatic carbocycles. The van der Waals surface area contributed by atoms with Crippen LogP contribution in [0.2, 0.25) is 0 Å². The summed E-state index contributed by atoms with van der Waals surface area (Å²) in [5.74, 6) is 0.132. The Morgan fingerprint density at radius 3 is 1.48 bits per heavy atom. The van der Waals surface area contributed by atoms with Crippen LogP contribution in [-0.4, -0.2) is 168 Å². The summed E-state index contributed by atoms with van der Waals surface area (Å²) in [6.07, 6.45) is 9.25. The molecule has 0 spiro atoms. The first-order chi connectivity index (χ1) is 40.4. The minimum Gasteiger partial charge on any atom is -0.497 e. The lowest BCUT2D eigenvalue weighted by Crippen LogP contribution is -2.49. The van der Waals surface area contributed by atoms with Crippen LogP contribution < -0.4 is 34.9 Å². The Balaban J connectivity index is 0.000000244. The van der Waals surface area contributed by atoms with E-state index in [0.717, 1.165) is 86.6 Å². The smallest absolute Gasteiger partial charge is 0.408 e. The molecule has 0 radical (unpaired) electrons. The topological polar surface area (TPSA) is 308 Å². The molecule has 2 saturated heterocycles. The van der Waals surface area contributed by atoms with Gasteiger partial charge in [0.15, 0.2) is 0 Å². The number of carbonyl (C=O) groups is 6. The number of carboxylic acids is 2. The van der Waals surface area contributed by atoms with E-state index in [4.69, 9.17) is 57.8 Å². The first-order valence-corrected chi connectivity index (χ1v) is 29.4. The monoisotopic (exact) mass is 1190 g/mol. The molecule has 85 heavy (non-hydrogen) atoms. The summed E-state index contributed by atoms with van der Waals surface area (Å²) in [4.78, 5) is 92.7. The number of fused-ring (bicyclic) bond motifs is 2. The molecular formula is C61H86N8O16. The zero-order chi connectivity index (χ0) is 61.8. The van der Waals surface area contributed by atoms with Crippen molar-refractivity contribution < 1.29 is 76.9 Å². The molecule has 8 rings (SSSR count). The number of ether oxygens (including phenoxy) is 8. The number of nitrogens with one attached hydrogen (secondary N) is 3. The number of benzene rings is 2. The molecule has 10 atom stereocenters. The number of amides is 2. The highest BCUT2D eigenvalue weighted by Crippen LogP contribution is 2.40. The number of likely N-dealkylation sites (N-methyl/N-ethyl adjacent to an activating group) is 1. The summed E-state index contributed by atoms with van der Waals surface area (Å²) in [6, 6.07) is 8.32. The van der Waals surface area contributed by atoms with Crippen LogP contribution in [0.3, 0.4) is 0 Å². The Hall–Kier alpha value is -7.34. The van der Waals surface area contributed by atoms with Crippen LogP contribution in [0.4, 0.5) is 9.59 Å². The van der Waals surface area contributed by atoms with Crippen LogP contribution in [-0.2, 0) is 51.0 Å². The second kappa shape index (κ2) is 29.2. The Kier molecular flexibility index (Phi) is 22.4. The van der Waals surface area contributed by atoms with Gasteiger partial charge in [-0.25, -0.2) is 39.1 Å². The van der Waals surface area contributed by atoms with Crippen LogP contribution in [0, 0.1) is 22.7 Å². The summed E-state index contributed by atoms with van der Waals surface area (Å²) < 4.78 is 44.0. The van der Waals surface area contributed by atoms with Gasteiger partial charge in [-0.05, 0) is 105 Å². The Morgan fingerprint density at radius 2 is 1.06 bits per heavy atom. The van der Waals surface area contributed by atoms with Gasteiger partial charge in [0.1, 0.15) is 71.5 Å². The minimum absolute atomic E-state index is 0.170. The Morgan fingerprint density at radius 1 is 0.600 bits per heavy atom. The standard InChI is InChI=1S/C31H44N4O8.C30H42N4O8/c1-31(2,3)26(28(36)37)34-30(39)43-25-14-18(25)10-8-7-9-11-22-27(33-23-15-19(40-5)12-13-21(23)32-22)42-20-16-24(29(38)41-6)35(4)17-20;1-30(2,3)25(27(35)36)34-29(38)42-24-13-17(24)9-7-6-8-10-21-26(41-19-15-23(31-16-19)28(37)40-5)33-22-14-18(39-4)11-12-20(22)32-21/h12-13,15,18,20,24-26H,7-11,14,16-17H2,1-6H3,(H,34,39)(H,36,37);11-12,14,17,19,23-25,31H,6-10,13,15-16H2,1-5H3,(H,34,38)(H,35,36)/t18-,20-,24+,25-,26-;17-,19-,23+,24-,25-/m11/s1. The maximum atomic E-state index is 12.2. The molecule has 0 unspecified atom stereocenters. The number of carbonyl (C=O) groups excluding carboxylic acids is 4. The van der Waals surface area contributed by atoms with Crippen LogP contribution in [0.5, 0.6) is 23.3 Å². The van der Waals surface area contributed by atoms with Crippen LogP contribution in [0.25, 0.3) is 22.1 Å². The summed E-state index contributed by atoms with van der Waals surface area (Å²) in [6.45, 7) is 11.6. The largest absolute Gasteiger partial charge is 0.497 e. The number of rotatable bonds is 26. The highest BCUT2D eigenvalue weighted by Gasteiger charge is 2.43. The number of alkyl carbamates (subject to hydrolysis) is 2. The van der Waals surface area contributed by atoms with Gasteiger partial charge in [0.05, 0.1) is 50.5 Å². The Bertz CT molecular complexity index is 2990. The van der Waals surface area contributed by atoms with Crippen molar-refractivity contribution in [1.29, 1.82) is 0 Å². The third-order valence-electron chi connectivity index (χ3n) is 15.9. The van der Waals surface area contributed by atoms with E-state index in [1.54, 1.807) is 55.8 Å². The van der Waals surface area contributed by atoms with Crippen LogP contribution >= 0.6 is 0 Å². The van der Waals surface area contributed by atoms with Crippen molar-refractivity contribution in [3.8, 4) is 23.3 Å². The average molecular weight is 1190 g/mol. The van der Waals surface area contributed by atoms with Gasteiger partial charge in [0, 0.05) is 38.1 Å². The summed E-state index contributed by atoms with van der Waals surface area (Å²) in [5.41, 5.74) is 3.15. The molecule has 0 bridgehead atoms. The van der Waals surface area contributed by atoms with E-state index in [0.29, 0.717) is 84.9 Å². The van der Waals surface area contributed by atoms with Crippen molar-refractivity contribution in [2.45, 2.75) is 180 Å². The van der Waals surface area contributed by atoms with Gasteiger partial charge in [-0.3, -0.25) is 14.5 Å². The van der Waals surface area contributed by atoms with Crippen molar-refractivity contribution in [2.75, 3.05) is 48.6 Å². The van der Waals surface area contributed by atoms with E-state index in [2.05, 4.69) is 16.0 Å². The predicted octanol–water partition coefficient (Wildman–Crippen LogP) is 7.62. The van der Waals surface area contributed by atoms with Crippen molar-refractivity contribution in [3.05, 3.63) is 47.8 Å². The molecule has 24 heteroatoms. The summed E-state index contributed by atoms with van der Waals surface area (Å²) >= 11 is 0. The zero-order valence-electron chi connectivity index (χ0n) is 50.9. The molecular weight excluding hydrogens is 1100 g/mol. The lowest BCUT2D eigenvalue weighted by Gasteiger charge is -2.27. The molecule has 4 aliphatic rings. The fourth-order valence-corrected chi connectivity index (χ4v) is 10.7. The highest BCUT2D eigenvalue weighted by atomic mass is 16.6. The van der Waals surface area contributed by atoms with Gasteiger partial charge >= 0.3 is 36.1 Å². The third kappa shape index (κ3) is 18.6. The zero-order valence-corrected chi connectivity index (χ0v) is 50.9. The van der Waals surface area contributed by atoms with Crippen molar-refractivity contribution in [3.63, 3.8) is 0 Å². The number of methoxy groups -OCH3 is 4. The second-order valence-corrected chi connectivity index (χ2v) is 24.7. The van der Waals surface area contributed by atoms with E-state index in [9.17, 15) is 39.0 Å². The van der Waals surface area contributed by atoms with E-state index in [-0.39, 0.29) is 42.4 Å². The molecule has 4 fully saturated rings. The number of aliphatic carboxylic acids is 2. The number of unbranched alkanes of at least 4 members (excludes halogenated alkanes) is 4. The molecule has 2 aliphatic heterocycles. The second-order valence-electron chi connectivity index (χ2n) is 24.7. The lowest BCUT2D eigenvalue weighted by molar-refractivity contribution is -0.145. The van der Waals surface area contributed by atoms with Gasteiger partial charge in [-0.2, -0.15) is 0 Å². The summed E-state index contributed by atoms with van der Waals surface area (Å²) in [7, 11) is 7.85. The van der Waals surface area contributed by atoms with E-state index in [1.165, 1.54) is 14.2 Å². The molecule has 2 aliphatic carbocycles. The Labute approximate surface area is 496 Å². The maximum absolute atomic E-state index is 12.2. The van der Waals surface area contributed by atoms with Crippen molar-refractivity contribution >= 4 is 58.1 Å². The van der Waals surface area contributed by atoms with Crippen LogP contribution in [0.15, 0.2) is 36.4 Å². The van der Waals surface area contributed by atoms with E-state index in [1.807, 2.05) is 48.3 Å². The molecule has 466 valence electrons. The molecule has 5 N–H and O–H groups in total. The molecule has 2 saturated carbocycles. The van der Waals surface area contributed by atoms with Gasteiger partial charge in [0.2, 0.25) is 11.8 Å². The number of esters is 2.